The molecule has 17 N–H and O–H groups in total. The van der Waals surface area contributed by atoms with Crippen LogP contribution < -0.4 is 0 Å². The van der Waals surface area contributed by atoms with Crippen molar-refractivity contribution < 1.29 is 111 Å². The third-order valence-corrected chi connectivity index (χ3v) is 7.13. The first-order valence-electron chi connectivity index (χ1n) is 13.8. The van der Waals surface area contributed by atoms with Crippen LogP contribution in [0.1, 0.15) is 0 Å². The summed E-state index contributed by atoms with van der Waals surface area (Å²) in [6.07, 6.45) is -28.9. The summed E-state index contributed by atoms with van der Waals surface area (Å²) in [6.45, 7) is -5.16. The lowest BCUT2D eigenvalue weighted by atomic mass is 9.98. The molecule has 0 radical (unpaired) electrons. The molecule has 2 fully saturated rings. The first kappa shape index (κ1) is 42.9. The van der Waals surface area contributed by atoms with Crippen LogP contribution in [0.2, 0.25) is 0 Å². The van der Waals surface area contributed by atoms with Gasteiger partial charge in [0, 0.05) is 0 Å². The summed E-state index contributed by atoms with van der Waals surface area (Å²) in [5.74, 6) is -1.12. The van der Waals surface area contributed by atoms with Gasteiger partial charge in [0.15, 0.2) is 18.4 Å². The molecule has 0 aromatic carbocycles. The molecule has 0 saturated carbocycles. The van der Waals surface area contributed by atoms with E-state index >= 15 is 0 Å². The summed E-state index contributed by atoms with van der Waals surface area (Å²) in [6, 6.07) is 0. The maximum Gasteiger partial charge on any atom is 0.189 e. The summed E-state index contributed by atoms with van der Waals surface area (Å²) < 4.78 is 20.2. The Hall–Kier alpha value is -1.17. The van der Waals surface area contributed by atoms with Gasteiger partial charge in [-0.05, 0) is 0 Å². The van der Waals surface area contributed by atoms with Crippen LogP contribution in [0.25, 0.3) is 0 Å². The van der Waals surface area contributed by atoms with E-state index in [-0.39, 0.29) is 0 Å². The topological polar surface area (TPSA) is 398 Å². The molecular formula is C24H46O22. The van der Waals surface area contributed by atoms with Crippen molar-refractivity contribution in [3.05, 3.63) is 0 Å². The molecule has 0 bridgehead atoms. The van der Waals surface area contributed by atoms with E-state index < -0.39 is 150 Å². The molecule has 0 aliphatic carbocycles. The number of hydrogen-bond acceptors (Lipinski definition) is 22. The van der Waals surface area contributed by atoms with Gasteiger partial charge >= 0.3 is 0 Å². The average molecular weight is 687 g/mol. The first-order chi connectivity index (χ1) is 21.6. The first-order valence-corrected chi connectivity index (χ1v) is 13.8. The van der Waals surface area contributed by atoms with E-state index in [2.05, 4.69) is 0 Å². The molecule has 2 aliphatic rings. The number of Topliss-reactive ketones (excluding diaryl/α,β-unsaturated/α-hetero) is 1. The molecular weight excluding hydrogens is 640 g/mol. The largest absolute Gasteiger partial charge is 0.394 e. The van der Waals surface area contributed by atoms with Crippen LogP contribution in [0.5, 0.6) is 0 Å². The quantitative estimate of drug-likeness (QED) is 0.0716. The molecule has 17 atom stereocenters. The Morgan fingerprint density at radius 2 is 0.913 bits per heavy atom. The van der Waals surface area contributed by atoms with Crippen LogP contribution in [0, 0.1) is 0 Å². The Bertz CT molecular complexity index is 851. The van der Waals surface area contributed by atoms with Gasteiger partial charge in [0.2, 0.25) is 0 Å². The van der Waals surface area contributed by atoms with Crippen LogP contribution in [-0.2, 0) is 23.7 Å². The Kier molecular flexibility index (Phi) is 19.0. The van der Waals surface area contributed by atoms with E-state index in [0.717, 1.165) is 0 Å². The molecule has 0 aromatic heterocycles. The average Bonchev–Trinajstić information content (AvgIpc) is 3.07. The third-order valence-electron chi connectivity index (χ3n) is 7.13. The second kappa shape index (κ2) is 20.4. The van der Waals surface area contributed by atoms with Gasteiger partial charge in [-0.25, -0.2) is 0 Å². The minimum absolute atomic E-state index is 0.708. The number of carbonyl (C=O) groups excluding carboxylic acids is 1. The Morgan fingerprint density at radius 3 is 1.26 bits per heavy atom. The fourth-order valence-corrected chi connectivity index (χ4v) is 4.26. The van der Waals surface area contributed by atoms with Crippen LogP contribution in [-0.4, -0.2) is 236 Å². The molecule has 0 unspecified atom stereocenters. The fraction of sp³-hybridized carbons (Fsp3) is 0.958. The molecule has 46 heavy (non-hydrogen) atoms. The van der Waals surface area contributed by atoms with E-state index in [1.807, 2.05) is 0 Å². The molecule has 22 heteroatoms. The van der Waals surface area contributed by atoms with Gasteiger partial charge in [0.05, 0.1) is 33.0 Å². The number of aliphatic hydroxyl groups excluding tert-OH is 17. The highest BCUT2D eigenvalue weighted by molar-refractivity contribution is 5.84. The molecule has 274 valence electrons. The van der Waals surface area contributed by atoms with E-state index in [4.69, 9.17) is 49.6 Å². The van der Waals surface area contributed by atoms with Crippen molar-refractivity contribution in [2.45, 2.75) is 104 Å². The molecule has 0 amide bonds. The maximum atomic E-state index is 11.3. The normalized spacial score (nSPS) is 36.4. The molecule has 0 aromatic rings. The van der Waals surface area contributed by atoms with Gasteiger partial charge < -0.3 is 106 Å². The Labute approximate surface area is 260 Å². The second-order valence-electron chi connectivity index (χ2n) is 10.4. The van der Waals surface area contributed by atoms with Crippen LogP contribution in [0.3, 0.4) is 0 Å². The van der Waals surface area contributed by atoms with E-state index in [1.165, 1.54) is 0 Å². The van der Waals surface area contributed by atoms with Crippen molar-refractivity contribution in [3.63, 3.8) is 0 Å². The highest BCUT2D eigenvalue weighted by Crippen LogP contribution is 2.26. The summed E-state index contributed by atoms with van der Waals surface area (Å²) in [5, 5.41) is 160. The predicted molar refractivity (Wildman–Crippen MR) is 141 cm³/mol. The SMILES string of the molecule is O=C(CO)[C@H](O)[C@@H](O[C@H]1O[C@H](CO)[C@@H](O)[C@H](O)[C@H]1O)[C@H](O)CO.OC[C@@H](O)[C@@H](O[C@H]1O[C@H](CO)[C@@H](O)[C@H](O)[C@H]1O)[C@H](O)[C@@H](O)CO. The van der Waals surface area contributed by atoms with Crippen molar-refractivity contribution in [3.8, 4) is 0 Å². The molecule has 2 saturated heterocycles. The molecule has 0 spiro atoms. The summed E-state index contributed by atoms with van der Waals surface area (Å²) in [7, 11) is 0. The van der Waals surface area contributed by atoms with Crippen molar-refractivity contribution >= 4 is 5.78 Å². The summed E-state index contributed by atoms with van der Waals surface area (Å²) >= 11 is 0. The lowest BCUT2D eigenvalue weighted by Crippen LogP contribution is -2.61. The predicted octanol–water partition coefficient (Wildman–Crippen LogP) is -11.3. The van der Waals surface area contributed by atoms with Gasteiger partial charge in [-0.1, -0.05) is 0 Å². The van der Waals surface area contributed by atoms with Crippen molar-refractivity contribution in [1.29, 1.82) is 0 Å². The number of ketones is 1. The number of hydrogen-bond donors (Lipinski definition) is 17. The zero-order chi connectivity index (χ0) is 35.5. The lowest BCUT2D eigenvalue weighted by molar-refractivity contribution is -0.327. The van der Waals surface area contributed by atoms with Gasteiger partial charge in [-0.3, -0.25) is 4.79 Å². The fourth-order valence-electron chi connectivity index (χ4n) is 4.26. The van der Waals surface area contributed by atoms with Crippen molar-refractivity contribution in [2.75, 3.05) is 39.6 Å². The number of aliphatic hydroxyl groups is 17. The van der Waals surface area contributed by atoms with E-state index in [0.29, 0.717) is 0 Å². The zero-order valence-electron chi connectivity index (χ0n) is 24.2. The minimum atomic E-state index is -2.05. The smallest absolute Gasteiger partial charge is 0.189 e. The molecule has 2 aliphatic heterocycles. The maximum absolute atomic E-state index is 11.3. The number of carbonyl (C=O) groups is 1. The van der Waals surface area contributed by atoms with Crippen molar-refractivity contribution in [2.24, 2.45) is 0 Å². The van der Waals surface area contributed by atoms with Crippen molar-refractivity contribution in [1.82, 2.24) is 0 Å². The third kappa shape index (κ3) is 10.9. The van der Waals surface area contributed by atoms with Crippen LogP contribution in [0.4, 0.5) is 0 Å². The summed E-state index contributed by atoms with van der Waals surface area (Å²) in [4.78, 5) is 11.3. The van der Waals surface area contributed by atoms with Gasteiger partial charge in [-0.15, -0.1) is 0 Å². The number of ether oxygens (including phenoxy) is 4. The van der Waals surface area contributed by atoms with Crippen LogP contribution >= 0.6 is 0 Å². The highest BCUT2D eigenvalue weighted by Gasteiger charge is 2.48. The Balaban J connectivity index is 0.000000460. The molecule has 2 rings (SSSR count). The van der Waals surface area contributed by atoms with E-state index in [1.54, 1.807) is 0 Å². The Morgan fingerprint density at radius 1 is 0.543 bits per heavy atom. The van der Waals surface area contributed by atoms with Gasteiger partial charge in [0.25, 0.3) is 0 Å². The van der Waals surface area contributed by atoms with Gasteiger partial charge in [-0.2, -0.15) is 0 Å². The lowest BCUT2D eigenvalue weighted by Gasteiger charge is -2.42. The standard InChI is InChI=1S/C12H24O11.C12H22O11/c2*13-1-4(16)7(18)11(5(17)2-14)23-12-10(21)9(20)8(19)6(3-15)22-12/h4-21H,1-3H2;5-15,17-21H,1-3H2/t4-,5+,6+,7+,8+,9-,10+,11+,12+;5-,6-,7+,8-,9+,10-,11+,12-/m01/s1. The van der Waals surface area contributed by atoms with E-state index in [9.17, 15) is 61.0 Å². The highest BCUT2D eigenvalue weighted by atomic mass is 16.7. The molecule has 2 heterocycles. The summed E-state index contributed by atoms with van der Waals surface area (Å²) in [5.41, 5.74) is 0. The minimum Gasteiger partial charge on any atom is -0.394 e. The number of rotatable bonds is 16. The zero-order valence-corrected chi connectivity index (χ0v) is 24.2. The molecule has 22 nitrogen and oxygen atoms in total. The van der Waals surface area contributed by atoms with Gasteiger partial charge in [0.1, 0.15) is 98.2 Å². The monoisotopic (exact) mass is 686 g/mol. The van der Waals surface area contributed by atoms with Crippen LogP contribution in [0.15, 0.2) is 0 Å². The second-order valence-corrected chi connectivity index (χ2v) is 10.4.